The molecule has 1 heterocycles. The number of nitrogens with one attached hydrogen (secondary N) is 1. The number of hydrogen-bond donors (Lipinski definition) is 1. The quantitative estimate of drug-likeness (QED) is 0.471. The highest BCUT2D eigenvalue weighted by atomic mass is 15.3. The summed E-state index contributed by atoms with van der Waals surface area (Å²) in [5.74, 6) is 0.611. The van der Waals surface area contributed by atoms with Gasteiger partial charge < -0.3 is 5.43 Å². The first-order chi connectivity index (χ1) is 3.30. The highest BCUT2D eigenvalue weighted by Gasteiger charge is 2.12. The summed E-state index contributed by atoms with van der Waals surface area (Å²) in [6.07, 6.45) is 1.94. The van der Waals surface area contributed by atoms with Gasteiger partial charge >= 0.3 is 0 Å². The molecule has 0 radical (unpaired) electrons. The monoisotopic (exact) mass is 98.1 g/mol. The van der Waals surface area contributed by atoms with Crippen molar-refractivity contribution in [2.75, 3.05) is 0 Å². The zero-order valence-electron chi connectivity index (χ0n) is 4.68. The van der Waals surface area contributed by atoms with E-state index in [1.165, 1.54) is 0 Å². The van der Waals surface area contributed by atoms with E-state index >= 15 is 0 Å². The maximum absolute atomic E-state index is 3.87. The van der Waals surface area contributed by atoms with Crippen LogP contribution in [0.25, 0.3) is 0 Å². The van der Waals surface area contributed by atoms with Crippen LogP contribution in [-0.2, 0) is 0 Å². The Kier molecular flexibility index (Phi) is 1.01. The zero-order chi connectivity index (χ0) is 5.28. The number of nitrogens with zero attached hydrogens (tertiary/aromatic N) is 1. The Morgan fingerprint density at radius 3 is 2.43 bits per heavy atom. The van der Waals surface area contributed by atoms with Gasteiger partial charge in [-0.25, -0.2) is 0 Å². The average Bonchev–Trinajstić information content (AvgIpc) is 1.91. The summed E-state index contributed by atoms with van der Waals surface area (Å²) in [5.41, 5.74) is 2.94. The molecule has 0 aromatic heterocycles. The van der Waals surface area contributed by atoms with Crippen molar-refractivity contribution in [1.29, 1.82) is 0 Å². The molecule has 0 bridgehead atoms. The Morgan fingerprint density at radius 1 is 1.57 bits per heavy atom. The largest absolute Gasteiger partial charge is 0.307 e. The minimum atomic E-state index is 0.542. The molecule has 0 aromatic carbocycles. The van der Waals surface area contributed by atoms with Crippen LogP contribution in [0.3, 0.4) is 0 Å². The van der Waals surface area contributed by atoms with Gasteiger partial charge in [0.15, 0.2) is 0 Å². The SMILES string of the molecule is C[C@@H]1NN=C[C@@H]1C. The van der Waals surface area contributed by atoms with Crippen LogP contribution in [0, 0.1) is 5.92 Å². The van der Waals surface area contributed by atoms with E-state index in [1.54, 1.807) is 0 Å². The lowest BCUT2D eigenvalue weighted by molar-refractivity contribution is 0.544. The maximum Gasteiger partial charge on any atom is 0.0487 e. The van der Waals surface area contributed by atoms with Crippen molar-refractivity contribution in [3.8, 4) is 0 Å². The summed E-state index contributed by atoms with van der Waals surface area (Å²) in [6.45, 7) is 4.27. The normalized spacial score (nSPS) is 38.6. The van der Waals surface area contributed by atoms with E-state index in [0.717, 1.165) is 0 Å². The molecule has 1 rings (SSSR count). The van der Waals surface area contributed by atoms with Crippen LogP contribution in [0.15, 0.2) is 5.10 Å². The maximum atomic E-state index is 3.87. The first kappa shape index (κ1) is 4.62. The standard InChI is InChI=1S/C5H10N2/c1-4-3-6-7-5(4)2/h3-5,7H,1-2H3/t4-,5-/m0/s1. The summed E-state index contributed by atoms with van der Waals surface area (Å²) < 4.78 is 0. The predicted molar refractivity (Wildman–Crippen MR) is 30.3 cm³/mol. The third-order valence-electron chi connectivity index (χ3n) is 1.38. The van der Waals surface area contributed by atoms with Gasteiger partial charge in [-0.2, -0.15) is 5.10 Å². The van der Waals surface area contributed by atoms with Gasteiger partial charge in [0.1, 0.15) is 0 Å². The zero-order valence-corrected chi connectivity index (χ0v) is 4.68. The number of rotatable bonds is 0. The van der Waals surface area contributed by atoms with E-state index in [0.29, 0.717) is 12.0 Å². The first-order valence-electron chi connectivity index (χ1n) is 2.59. The van der Waals surface area contributed by atoms with Crippen molar-refractivity contribution in [3.05, 3.63) is 0 Å². The summed E-state index contributed by atoms with van der Waals surface area (Å²) >= 11 is 0. The van der Waals surface area contributed by atoms with E-state index < -0.39 is 0 Å². The molecule has 1 aliphatic heterocycles. The molecule has 1 N–H and O–H groups in total. The third-order valence-corrected chi connectivity index (χ3v) is 1.38. The van der Waals surface area contributed by atoms with Crippen molar-refractivity contribution < 1.29 is 0 Å². The third kappa shape index (κ3) is 0.734. The summed E-state index contributed by atoms with van der Waals surface area (Å²) in [7, 11) is 0. The smallest absolute Gasteiger partial charge is 0.0487 e. The Morgan fingerprint density at radius 2 is 2.29 bits per heavy atom. The minimum Gasteiger partial charge on any atom is -0.307 e. The van der Waals surface area contributed by atoms with Gasteiger partial charge in [0.2, 0.25) is 0 Å². The molecule has 2 nitrogen and oxygen atoms in total. The molecule has 2 heteroatoms. The molecule has 1 aliphatic rings. The van der Waals surface area contributed by atoms with Gasteiger partial charge in [-0.1, -0.05) is 6.92 Å². The van der Waals surface area contributed by atoms with Gasteiger partial charge in [0.05, 0.1) is 0 Å². The Hall–Kier alpha value is -0.530. The summed E-state index contributed by atoms with van der Waals surface area (Å²) in [4.78, 5) is 0. The lowest BCUT2D eigenvalue weighted by Crippen LogP contribution is -2.20. The fourth-order valence-corrected chi connectivity index (χ4v) is 0.525. The first-order valence-corrected chi connectivity index (χ1v) is 2.59. The highest BCUT2D eigenvalue weighted by Crippen LogP contribution is 2.02. The van der Waals surface area contributed by atoms with Crippen LogP contribution < -0.4 is 5.43 Å². The molecule has 0 saturated heterocycles. The fraction of sp³-hybridized carbons (Fsp3) is 0.800. The van der Waals surface area contributed by atoms with Gasteiger partial charge in [-0.05, 0) is 6.92 Å². The molecule has 40 valence electrons. The van der Waals surface area contributed by atoms with Gasteiger partial charge in [-0.15, -0.1) is 0 Å². The Balaban J connectivity index is 2.45. The summed E-state index contributed by atoms with van der Waals surface area (Å²) in [5, 5.41) is 3.87. The Bertz CT molecular complexity index is 88.1. The van der Waals surface area contributed by atoms with Crippen molar-refractivity contribution >= 4 is 6.21 Å². The highest BCUT2D eigenvalue weighted by molar-refractivity contribution is 5.62. The van der Waals surface area contributed by atoms with E-state index in [1.807, 2.05) is 6.21 Å². The van der Waals surface area contributed by atoms with E-state index in [2.05, 4.69) is 24.4 Å². The Labute approximate surface area is 43.6 Å². The van der Waals surface area contributed by atoms with Crippen LogP contribution >= 0.6 is 0 Å². The van der Waals surface area contributed by atoms with Crippen LogP contribution in [0.4, 0.5) is 0 Å². The van der Waals surface area contributed by atoms with Crippen LogP contribution in [-0.4, -0.2) is 12.3 Å². The van der Waals surface area contributed by atoms with E-state index in [4.69, 9.17) is 0 Å². The molecular weight excluding hydrogens is 88.1 g/mol. The molecular formula is C5H10N2. The van der Waals surface area contributed by atoms with Gasteiger partial charge in [-0.3, -0.25) is 0 Å². The molecule has 0 unspecified atom stereocenters. The molecule has 2 atom stereocenters. The van der Waals surface area contributed by atoms with E-state index in [9.17, 15) is 0 Å². The van der Waals surface area contributed by atoms with Crippen molar-refractivity contribution in [2.24, 2.45) is 11.0 Å². The fourth-order valence-electron chi connectivity index (χ4n) is 0.525. The second-order valence-corrected chi connectivity index (χ2v) is 2.06. The van der Waals surface area contributed by atoms with Gasteiger partial charge in [0.25, 0.3) is 0 Å². The van der Waals surface area contributed by atoms with Crippen LogP contribution in [0.2, 0.25) is 0 Å². The molecule has 0 amide bonds. The van der Waals surface area contributed by atoms with Crippen molar-refractivity contribution in [1.82, 2.24) is 5.43 Å². The summed E-state index contributed by atoms with van der Waals surface area (Å²) in [6, 6.07) is 0.542. The molecule has 0 aromatic rings. The van der Waals surface area contributed by atoms with Gasteiger partial charge in [0, 0.05) is 18.2 Å². The molecule has 0 saturated carbocycles. The minimum absolute atomic E-state index is 0.542. The number of hydrazone groups is 1. The van der Waals surface area contributed by atoms with Crippen molar-refractivity contribution in [2.45, 2.75) is 19.9 Å². The second kappa shape index (κ2) is 1.52. The number of hydrogen-bond acceptors (Lipinski definition) is 2. The van der Waals surface area contributed by atoms with Crippen LogP contribution in [0.1, 0.15) is 13.8 Å². The van der Waals surface area contributed by atoms with E-state index in [-0.39, 0.29) is 0 Å². The lowest BCUT2D eigenvalue weighted by atomic mass is 10.1. The van der Waals surface area contributed by atoms with Crippen LogP contribution in [0.5, 0.6) is 0 Å². The topological polar surface area (TPSA) is 24.4 Å². The average molecular weight is 98.1 g/mol. The van der Waals surface area contributed by atoms with Crippen molar-refractivity contribution in [3.63, 3.8) is 0 Å². The second-order valence-electron chi connectivity index (χ2n) is 2.06. The molecule has 0 fully saturated rings. The lowest BCUT2D eigenvalue weighted by Gasteiger charge is -2.04. The molecule has 0 aliphatic carbocycles. The molecule has 0 spiro atoms. The molecule has 7 heavy (non-hydrogen) atoms. The predicted octanol–water partition coefficient (Wildman–Crippen LogP) is 0.600.